The molecule has 4 heteroatoms. The van der Waals surface area contributed by atoms with Crippen LogP contribution in [0.2, 0.25) is 0 Å². The van der Waals surface area contributed by atoms with Crippen molar-refractivity contribution in [2.45, 2.75) is 6.92 Å². The van der Waals surface area contributed by atoms with Gasteiger partial charge in [0.1, 0.15) is 0 Å². The SMILES string of the molecule is Cc1cccc(-c2nc(-c3cccc(Br)c3)no2)c1. The summed E-state index contributed by atoms with van der Waals surface area (Å²) in [7, 11) is 0. The lowest BCUT2D eigenvalue weighted by Crippen LogP contribution is -1.82. The maximum absolute atomic E-state index is 5.32. The minimum absolute atomic E-state index is 0.540. The van der Waals surface area contributed by atoms with Crippen LogP contribution in [0.1, 0.15) is 5.56 Å². The van der Waals surface area contributed by atoms with Crippen LogP contribution >= 0.6 is 15.9 Å². The van der Waals surface area contributed by atoms with Crippen LogP contribution in [0.5, 0.6) is 0 Å². The second-order valence-electron chi connectivity index (χ2n) is 4.30. The number of nitrogens with zero attached hydrogens (tertiary/aromatic N) is 2. The van der Waals surface area contributed by atoms with E-state index in [1.165, 1.54) is 5.56 Å². The highest BCUT2D eigenvalue weighted by molar-refractivity contribution is 9.10. The Hall–Kier alpha value is -1.94. The van der Waals surface area contributed by atoms with Crippen LogP contribution < -0.4 is 0 Å². The van der Waals surface area contributed by atoms with Crippen LogP contribution in [0.4, 0.5) is 0 Å². The zero-order valence-electron chi connectivity index (χ0n) is 10.3. The molecular weight excluding hydrogens is 304 g/mol. The Morgan fingerprint density at radius 2 is 1.79 bits per heavy atom. The van der Waals surface area contributed by atoms with Gasteiger partial charge in [-0.1, -0.05) is 50.9 Å². The lowest BCUT2D eigenvalue weighted by atomic mass is 10.1. The number of halogens is 1. The van der Waals surface area contributed by atoms with Crippen LogP contribution in [-0.2, 0) is 0 Å². The Labute approximate surface area is 119 Å². The molecule has 0 aliphatic heterocycles. The Bertz CT molecular complexity index is 661. The minimum atomic E-state index is 0.540. The van der Waals surface area contributed by atoms with Gasteiger partial charge in [-0.3, -0.25) is 0 Å². The molecule has 2 aromatic carbocycles. The number of hydrogen-bond donors (Lipinski definition) is 0. The summed E-state index contributed by atoms with van der Waals surface area (Å²) in [5, 5.41) is 4.03. The largest absolute Gasteiger partial charge is 0.334 e. The van der Waals surface area contributed by atoms with Crippen molar-refractivity contribution in [1.29, 1.82) is 0 Å². The molecule has 1 heterocycles. The molecule has 0 radical (unpaired) electrons. The first-order valence-electron chi connectivity index (χ1n) is 5.89. The van der Waals surface area contributed by atoms with E-state index >= 15 is 0 Å². The average molecular weight is 315 g/mol. The van der Waals surface area contributed by atoms with E-state index in [2.05, 4.69) is 26.1 Å². The fourth-order valence-corrected chi connectivity index (χ4v) is 2.26. The van der Waals surface area contributed by atoms with Gasteiger partial charge in [0, 0.05) is 15.6 Å². The van der Waals surface area contributed by atoms with Crippen molar-refractivity contribution in [3.8, 4) is 22.8 Å². The van der Waals surface area contributed by atoms with Gasteiger partial charge in [-0.25, -0.2) is 0 Å². The summed E-state index contributed by atoms with van der Waals surface area (Å²) in [5.74, 6) is 1.14. The van der Waals surface area contributed by atoms with Gasteiger partial charge in [-0.05, 0) is 31.2 Å². The van der Waals surface area contributed by atoms with Crippen LogP contribution in [0.15, 0.2) is 57.5 Å². The summed E-state index contributed by atoms with van der Waals surface area (Å²) < 4.78 is 6.32. The molecule has 94 valence electrons. The lowest BCUT2D eigenvalue weighted by Gasteiger charge is -1.95. The number of aromatic nitrogens is 2. The van der Waals surface area contributed by atoms with Crippen LogP contribution in [-0.4, -0.2) is 10.1 Å². The molecule has 0 saturated heterocycles. The highest BCUT2D eigenvalue weighted by Crippen LogP contribution is 2.24. The molecule has 3 nitrogen and oxygen atoms in total. The quantitative estimate of drug-likeness (QED) is 0.700. The van der Waals surface area contributed by atoms with E-state index in [4.69, 9.17) is 4.52 Å². The van der Waals surface area contributed by atoms with E-state index in [0.29, 0.717) is 11.7 Å². The van der Waals surface area contributed by atoms with Gasteiger partial charge in [0.2, 0.25) is 5.82 Å². The maximum Gasteiger partial charge on any atom is 0.258 e. The second kappa shape index (κ2) is 4.97. The molecule has 0 saturated carbocycles. The molecule has 19 heavy (non-hydrogen) atoms. The lowest BCUT2D eigenvalue weighted by molar-refractivity contribution is 0.432. The van der Waals surface area contributed by atoms with Gasteiger partial charge in [-0.2, -0.15) is 4.98 Å². The van der Waals surface area contributed by atoms with E-state index in [1.807, 2.05) is 55.5 Å². The van der Waals surface area contributed by atoms with Gasteiger partial charge in [0.05, 0.1) is 0 Å². The zero-order valence-corrected chi connectivity index (χ0v) is 11.9. The van der Waals surface area contributed by atoms with E-state index in [1.54, 1.807) is 0 Å². The van der Waals surface area contributed by atoms with Crippen molar-refractivity contribution in [2.75, 3.05) is 0 Å². The summed E-state index contributed by atoms with van der Waals surface area (Å²) in [4.78, 5) is 4.43. The topological polar surface area (TPSA) is 38.9 Å². The molecule has 1 aromatic heterocycles. The average Bonchev–Trinajstić information content (AvgIpc) is 2.88. The van der Waals surface area contributed by atoms with Crippen molar-refractivity contribution in [3.05, 3.63) is 58.6 Å². The van der Waals surface area contributed by atoms with E-state index in [-0.39, 0.29) is 0 Å². The molecule has 0 atom stereocenters. The van der Waals surface area contributed by atoms with Crippen molar-refractivity contribution in [3.63, 3.8) is 0 Å². The molecule has 0 aliphatic rings. The van der Waals surface area contributed by atoms with Crippen molar-refractivity contribution in [1.82, 2.24) is 10.1 Å². The first-order valence-corrected chi connectivity index (χ1v) is 6.68. The predicted octanol–water partition coefficient (Wildman–Crippen LogP) is 4.47. The normalized spacial score (nSPS) is 10.6. The van der Waals surface area contributed by atoms with E-state index in [0.717, 1.165) is 15.6 Å². The zero-order chi connectivity index (χ0) is 13.2. The fourth-order valence-electron chi connectivity index (χ4n) is 1.86. The summed E-state index contributed by atoms with van der Waals surface area (Å²) in [6.07, 6.45) is 0. The number of rotatable bonds is 2. The molecule has 0 unspecified atom stereocenters. The molecule has 0 aliphatic carbocycles. The molecular formula is C15H11BrN2O. The Kier molecular flexibility index (Phi) is 3.17. The summed E-state index contributed by atoms with van der Waals surface area (Å²) in [6.45, 7) is 2.04. The number of hydrogen-bond acceptors (Lipinski definition) is 3. The Morgan fingerprint density at radius 1 is 1.00 bits per heavy atom. The van der Waals surface area contributed by atoms with Gasteiger partial charge < -0.3 is 4.52 Å². The summed E-state index contributed by atoms with van der Waals surface area (Å²) >= 11 is 3.43. The van der Waals surface area contributed by atoms with E-state index < -0.39 is 0 Å². The smallest absolute Gasteiger partial charge is 0.258 e. The summed E-state index contributed by atoms with van der Waals surface area (Å²) in [6, 6.07) is 15.8. The molecule has 0 N–H and O–H groups in total. The van der Waals surface area contributed by atoms with Gasteiger partial charge in [0.15, 0.2) is 0 Å². The molecule has 3 rings (SSSR count). The maximum atomic E-state index is 5.32. The predicted molar refractivity (Wildman–Crippen MR) is 77.6 cm³/mol. The molecule has 0 amide bonds. The molecule has 0 bridgehead atoms. The van der Waals surface area contributed by atoms with Crippen molar-refractivity contribution >= 4 is 15.9 Å². The monoisotopic (exact) mass is 314 g/mol. The molecule has 0 spiro atoms. The minimum Gasteiger partial charge on any atom is -0.334 e. The van der Waals surface area contributed by atoms with Crippen LogP contribution in [0.3, 0.4) is 0 Å². The number of aryl methyl sites for hydroxylation is 1. The van der Waals surface area contributed by atoms with Crippen LogP contribution in [0.25, 0.3) is 22.8 Å². The highest BCUT2D eigenvalue weighted by Gasteiger charge is 2.10. The Balaban J connectivity index is 2.00. The fraction of sp³-hybridized carbons (Fsp3) is 0.0667. The molecule has 3 aromatic rings. The second-order valence-corrected chi connectivity index (χ2v) is 5.22. The third-order valence-corrected chi connectivity index (χ3v) is 3.27. The van der Waals surface area contributed by atoms with E-state index in [9.17, 15) is 0 Å². The first-order chi connectivity index (χ1) is 9.22. The van der Waals surface area contributed by atoms with Gasteiger partial charge in [0.25, 0.3) is 5.89 Å². The first kappa shape index (κ1) is 12.1. The Morgan fingerprint density at radius 3 is 2.58 bits per heavy atom. The van der Waals surface area contributed by atoms with Gasteiger partial charge in [-0.15, -0.1) is 0 Å². The van der Waals surface area contributed by atoms with Gasteiger partial charge >= 0.3 is 0 Å². The third kappa shape index (κ3) is 2.58. The standard InChI is InChI=1S/C15H11BrN2O/c1-10-4-2-6-12(8-10)15-17-14(18-19-15)11-5-3-7-13(16)9-11/h2-9H,1H3. The van der Waals surface area contributed by atoms with Crippen LogP contribution in [0, 0.1) is 6.92 Å². The van der Waals surface area contributed by atoms with Crippen molar-refractivity contribution < 1.29 is 4.52 Å². The van der Waals surface area contributed by atoms with Crippen molar-refractivity contribution in [2.24, 2.45) is 0 Å². The summed E-state index contributed by atoms with van der Waals surface area (Å²) in [5.41, 5.74) is 3.03. The highest BCUT2D eigenvalue weighted by atomic mass is 79.9. The third-order valence-electron chi connectivity index (χ3n) is 2.77. The number of benzene rings is 2. The molecule has 0 fully saturated rings.